The van der Waals surface area contributed by atoms with Gasteiger partial charge in [-0.1, -0.05) is 13.3 Å². The number of imidazole rings is 1. The van der Waals surface area contributed by atoms with E-state index in [2.05, 4.69) is 16.5 Å². The fraction of sp³-hybridized carbons (Fsp3) is 0.786. The van der Waals surface area contributed by atoms with E-state index in [1.165, 1.54) is 25.0 Å². The molecule has 0 bridgehead atoms. The molecule has 1 aliphatic rings. The predicted octanol–water partition coefficient (Wildman–Crippen LogP) is 2.18. The zero-order valence-corrected chi connectivity index (χ0v) is 11.3. The summed E-state index contributed by atoms with van der Waals surface area (Å²) in [6.45, 7) is 5.53. The van der Waals surface area contributed by atoms with E-state index < -0.39 is 0 Å². The monoisotopic (exact) mass is 251 g/mol. The molecule has 2 N–H and O–H groups in total. The van der Waals surface area contributed by atoms with Crippen LogP contribution in [0.3, 0.4) is 0 Å². The smallest absolute Gasteiger partial charge is 0.0948 e. The third kappa shape index (κ3) is 3.33. The minimum absolute atomic E-state index is 0.664. The van der Waals surface area contributed by atoms with Crippen molar-refractivity contribution in [1.29, 1.82) is 0 Å². The molecule has 1 fully saturated rings. The Hall–Kier alpha value is -0.870. The summed E-state index contributed by atoms with van der Waals surface area (Å²) in [6, 6.07) is 0. The Morgan fingerprint density at radius 2 is 2.28 bits per heavy atom. The first-order valence-electron chi connectivity index (χ1n) is 7.12. The van der Waals surface area contributed by atoms with Gasteiger partial charge in [-0.3, -0.25) is 0 Å². The van der Waals surface area contributed by atoms with Crippen LogP contribution in [-0.2, 0) is 17.9 Å². The van der Waals surface area contributed by atoms with Gasteiger partial charge in [-0.2, -0.15) is 0 Å². The van der Waals surface area contributed by atoms with E-state index in [-0.39, 0.29) is 0 Å². The molecule has 2 unspecified atom stereocenters. The average molecular weight is 251 g/mol. The molecule has 4 nitrogen and oxygen atoms in total. The van der Waals surface area contributed by atoms with Gasteiger partial charge >= 0.3 is 0 Å². The summed E-state index contributed by atoms with van der Waals surface area (Å²) in [5.41, 5.74) is 6.96. The van der Waals surface area contributed by atoms with Crippen LogP contribution in [0.1, 0.15) is 38.3 Å². The topological polar surface area (TPSA) is 53.1 Å². The van der Waals surface area contributed by atoms with Crippen molar-refractivity contribution in [2.45, 2.75) is 45.8 Å². The van der Waals surface area contributed by atoms with Gasteiger partial charge in [0, 0.05) is 6.54 Å². The maximum Gasteiger partial charge on any atom is 0.0948 e. The van der Waals surface area contributed by atoms with Gasteiger partial charge in [0.15, 0.2) is 0 Å². The van der Waals surface area contributed by atoms with E-state index in [4.69, 9.17) is 10.5 Å². The van der Waals surface area contributed by atoms with Crippen LogP contribution in [0.25, 0.3) is 0 Å². The minimum Gasteiger partial charge on any atom is -0.375 e. The number of hydrogen-bond acceptors (Lipinski definition) is 3. The lowest BCUT2D eigenvalue weighted by Crippen LogP contribution is -2.22. The molecular formula is C14H25N3O. The Labute approximate surface area is 110 Å². The third-order valence-corrected chi connectivity index (χ3v) is 3.96. The molecule has 2 rings (SSSR count). The summed E-state index contributed by atoms with van der Waals surface area (Å²) < 4.78 is 8.04. The zero-order valence-electron chi connectivity index (χ0n) is 11.3. The molecule has 0 spiro atoms. The number of nitrogens with two attached hydrogens (primary N) is 1. The highest BCUT2D eigenvalue weighted by atomic mass is 16.5. The van der Waals surface area contributed by atoms with Gasteiger partial charge in [-0.15, -0.1) is 0 Å². The van der Waals surface area contributed by atoms with Crippen molar-refractivity contribution in [3.8, 4) is 0 Å². The summed E-state index contributed by atoms with van der Waals surface area (Å²) in [4.78, 5) is 4.19. The van der Waals surface area contributed by atoms with Crippen LogP contribution in [-0.4, -0.2) is 22.7 Å². The van der Waals surface area contributed by atoms with E-state index >= 15 is 0 Å². The molecule has 4 heteroatoms. The molecule has 0 radical (unpaired) electrons. The SMILES string of the molecule is CCCn1cncc1COCC1CCCC1CN. The van der Waals surface area contributed by atoms with Crippen molar-refractivity contribution in [3.63, 3.8) is 0 Å². The van der Waals surface area contributed by atoms with Gasteiger partial charge in [-0.25, -0.2) is 4.98 Å². The fourth-order valence-electron chi connectivity index (χ4n) is 2.87. The van der Waals surface area contributed by atoms with Crippen LogP contribution in [0.15, 0.2) is 12.5 Å². The number of nitrogens with zero attached hydrogens (tertiary/aromatic N) is 2. The van der Waals surface area contributed by atoms with Gasteiger partial charge < -0.3 is 15.0 Å². The van der Waals surface area contributed by atoms with E-state index in [1.54, 1.807) is 0 Å². The van der Waals surface area contributed by atoms with Crippen LogP contribution in [0.4, 0.5) is 0 Å². The number of ether oxygens (including phenoxy) is 1. The molecule has 1 heterocycles. The maximum absolute atomic E-state index is 5.86. The van der Waals surface area contributed by atoms with E-state index in [1.807, 2.05) is 12.5 Å². The number of aryl methyl sites for hydroxylation is 1. The first-order chi connectivity index (χ1) is 8.85. The number of rotatable bonds is 7. The average Bonchev–Trinajstić information content (AvgIpc) is 2.99. The minimum atomic E-state index is 0.664. The summed E-state index contributed by atoms with van der Waals surface area (Å²) in [7, 11) is 0. The van der Waals surface area contributed by atoms with Crippen molar-refractivity contribution in [2.75, 3.05) is 13.2 Å². The lowest BCUT2D eigenvalue weighted by molar-refractivity contribution is 0.0716. The second-order valence-electron chi connectivity index (χ2n) is 5.28. The van der Waals surface area contributed by atoms with Crippen LogP contribution in [0.2, 0.25) is 0 Å². The van der Waals surface area contributed by atoms with E-state index in [0.717, 1.165) is 26.1 Å². The Morgan fingerprint density at radius 3 is 3.06 bits per heavy atom. The molecule has 0 aromatic carbocycles. The molecule has 1 saturated carbocycles. The molecule has 2 atom stereocenters. The predicted molar refractivity (Wildman–Crippen MR) is 72.1 cm³/mol. The van der Waals surface area contributed by atoms with Gasteiger partial charge in [0.2, 0.25) is 0 Å². The first-order valence-corrected chi connectivity index (χ1v) is 7.12. The molecule has 0 amide bonds. The van der Waals surface area contributed by atoms with E-state index in [0.29, 0.717) is 18.4 Å². The quantitative estimate of drug-likeness (QED) is 0.808. The van der Waals surface area contributed by atoms with Crippen molar-refractivity contribution in [2.24, 2.45) is 17.6 Å². The van der Waals surface area contributed by atoms with Crippen LogP contribution < -0.4 is 5.73 Å². The Bertz CT molecular complexity index is 351. The Balaban J connectivity index is 1.76. The fourth-order valence-corrected chi connectivity index (χ4v) is 2.87. The summed E-state index contributed by atoms with van der Waals surface area (Å²) in [5, 5.41) is 0. The Morgan fingerprint density at radius 1 is 1.44 bits per heavy atom. The van der Waals surface area contributed by atoms with Crippen molar-refractivity contribution < 1.29 is 4.74 Å². The molecular weight excluding hydrogens is 226 g/mol. The third-order valence-electron chi connectivity index (χ3n) is 3.96. The standard InChI is InChI=1S/C14H25N3O/c1-2-6-17-11-16-8-14(17)10-18-9-13-5-3-4-12(13)7-15/h8,11-13H,2-7,9-10,15H2,1H3. The lowest BCUT2D eigenvalue weighted by Gasteiger charge is -2.17. The van der Waals surface area contributed by atoms with Crippen LogP contribution in [0.5, 0.6) is 0 Å². The van der Waals surface area contributed by atoms with Crippen LogP contribution >= 0.6 is 0 Å². The second-order valence-corrected chi connectivity index (χ2v) is 5.28. The lowest BCUT2D eigenvalue weighted by atomic mass is 9.97. The number of aromatic nitrogens is 2. The largest absolute Gasteiger partial charge is 0.375 e. The summed E-state index contributed by atoms with van der Waals surface area (Å²) in [5.74, 6) is 1.34. The number of hydrogen-bond donors (Lipinski definition) is 1. The zero-order chi connectivity index (χ0) is 12.8. The van der Waals surface area contributed by atoms with E-state index in [9.17, 15) is 0 Å². The van der Waals surface area contributed by atoms with Crippen molar-refractivity contribution >= 4 is 0 Å². The van der Waals surface area contributed by atoms with Crippen molar-refractivity contribution in [3.05, 3.63) is 18.2 Å². The highest BCUT2D eigenvalue weighted by Gasteiger charge is 2.25. The summed E-state index contributed by atoms with van der Waals surface area (Å²) >= 11 is 0. The Kier molecular flexibility index (Phi) is 5.20. The molecule has 1 aromatic heterocycles. The second kappa shape index (κ2) is 6.90. The van der Waals surface area contributed by atoms with Crippen molar-refractivity contribution in [1.82, 2.24) is 9.55 Å². The van der Waals surface area contributed by atoms with Gasteiger partial charge in [0.05, 0.1) is 31.4 Å². The highest BCUT2D eigenvalue weighted by Crippen LogP contribution is 2.31. The molecule has 1 aliphatic carbocycles. The highest BCUT2D eigenvalue weighted by molar-refractivity contribution is 4.96. The van der Waals surface area contributed by atoms with Crippen LogP contribution in [0, 0.1) is 11.8 Å². The maximum atomic E-state index is 5.86. The summed E-state index contributed by atoms with van der Waals surface area (Å²) in [6.07, 6.45) is 8.78. The normalized spacial score (nSPS) is 23.7. The molecule has 102 valence electrons. The van der Waals surface area contributed by atoms with Gasteiger partial charge in [0.25, 0.3) is 0 Å². The molecule has 18 heavy (non-hydrogen) atoms. The van der Waals surface area contributed by atoms with Gasteiger partial charge in [-0.05, 0) is 37.6 Å². The van der Waals surface area contributed by atoms with Gasteiger partial charge in [0.1, 0.15) is 0 Å². The molecule has 1 aromatic rings. The molecule has 0 aliphatic heterocycles. The molecule has 0 saturated heterocycles. The first kappa shape index (κ1) is 13.6.